The molecule has 1 saturated heterocycles. The third-order valence-electron chi connectivity index (χ3n) is 5.18. The summed E-state index contributed by atoms with van der Waals surface area (Å²) in [6.07, 6.45) is 2.96. The number of para-hydroxylation sites is 1. The SMILES string of the molecule is CCCC(=O)N1CCC(C(=O)N(Cc2ccccc2)c2ccccc2)CC1. The highest BCUT2D eigenvalue weighted by Crippen LogP contribution is 2.25. The molecule has 0 radical (unpaired) electrons. The molecule has 1 heterocycles. The first-order valence-corrected chi connectivity index (χ1v) is 9.87. The number of rotatable bonds is 6. The van der Waals surface area contributed by atoms with Crippen LogP contribution in [0.3, 0.4) is 0 Å². The summed E-state index contributed by atoms with van der Waals surface area (Å²) in [7, 11) is 0. The molecule has 0 bridgehead atoms. The first-order valence-electron chi connectivity index (χ1n) is 9.87. The van der Waals surface area contributed by atoms with Crippen LogP contribution in [-0.2, 0) is 16.1 Å². The zero-order chi connectivity index (χ0) is 19.1. The summed E-state index contributed by atoms with van der Waals surface area (Å²) in [6, 6.07) is 20.0. The third-order valence-corrected chi connectivity index (χ3v) is 5.18. The van der Waals surface area contributed by atoms with Gasteiger partial charge in [0.2, 0.25) is 11.8 Å². The van der Waals surface area contributed by atoms with Crippen molar-refractivity contribution in [2.24, 2.45) is 5.92 Å². The minimum atomic E-state index is -0.0282. The highest BCUT2D eigenvalue weighted by Gasteiger charge is 2.30. The van der Waals surface area contributed by atoms with E-state index in [1.807, 2.05) is 65.3 Å². The largest absolute Gasteiger partial charge is 0.343 e. The van der Waals surface area contributed by atoms with Gasteiger partial charge >= 0.3 is 0 Å². The quantitative estimate of drug-likeness (QED) is 0.768. The second kappa shape index (κ2) is 9.36. The highest BCUT2D eigenvalue weighted by atomic mass is 16.2. The fourth-order valence-corrected chi connectivity index (χ4v) is 3.64. The standard InChI is InChI=1S/C23H28N2O2/c1-2-9-22(26)24-16-14-20(15-17-24)23(27)25(21-12-7-4-8-13-21)18-19-10-5-3-6-11-19/h3-8,10-13,20H,2,9,14-18H2,1H3. The van der Waals surface area contributed by atoms with Crippen LogP contribution in [0.5, 0.6) is 0 Å². The molecule has 0 atom stereocenters. The van der Waals surface area contributed by atoms with E-state index in [1.54, 1.807) is 0 Å². The van der Waals surface area contributed by atoms with Crippen LogP contribution in [0, 0.1) is 5.92 Å². The Morgan fingerprint density at radius 3 is 2.15 bits per heavy atom. The molecule has 4 heteroatoms. The average molecular weight is 364 g/mol. The molecule has 2 aromatic rings. The molecule has 2 amide bonds. The van der Waals surface area contributed by atoms with Crippen molar-refractivity contribution in [3.05, 3.63) is 66.2 Å². The molecule has 0 aliphatic carbocycles. The Hall–Kier alpha value is -2.62. The Balaban J connectivity index is 1.71. The number of benzene rings is 2. The number of likely N-dealkylation sites (tertiary alicyclic amines) is 1. The second-order valence-electron chi connectivity index (χ2n) is 7.15. The molecule has 0 saturated carbocycles. The van der Waals surface area contributed by atoms with Crippen LogP contribution in [0.2, 0.25) is 0 Å². The topological polar surface area (TPSA) is 40.6 Å². The van der Waals surface area contributed by atoms with Crippen LogP contribution in [0.1, 0.15) is 38.2 Å². The van der Waals surface area contributed by atoms with Crippen molar-refractivity contribution >= 4 is 17.5 Å². The van der Waals surface area contributed by atoms with Crippen LogP contribution < -0.4 is 4.90 Å². The molecule has 1 aliphatic rings. The first kappa shape index (κ1) is 19.2. The highest BCUT2D eigenvalue weighted by molar-refractivity contribution is 5.95. The summed E-state index contributed by atoms with van der Waals surface area (Å²) in [5, 5.41) is 0. The van der Waals surface area contributed by atoms with E-state index in [9.17, 15) is 9.59 Å². The summed E-state index contributed by atoms with van der Waals surface area (Å²) in [5.41, 5.74) is 2.04. The predicted molar refractivity (Wildman–Crippen MR) is 108 cm³/mol. The van der Waals surface area contributed by atoms with Gasteiger partial charge in [-0.2, -0.15) is 0 Å². The summed E-state index contributed by atoms with van der Waals surface area (Å²) >= 11 is 0. The lowest BCUT2D eigenvalue weighted by molar-refractivity contribution is -0.135. The fourth-order valence-electron chi connectivity index (χ4n) is 3.64. The van der Waals surface area contributed by atoms with Gasteiger partial charge in [0, 0.05) is 31.1 Å². The Kier molecular flexibility index (Phi) is 6.64. The molecular weight excluding hydrogens is 336 g/mol. The van der Waals surface area contributed by atoms with Gasteiger partial charge in [0.1, 0.15) is 0 Å². The summed E-state index contributed by atoms with van der Waals surface area (Å²) in [6.45, 7) is 3.96. The Bertz CT molecular complexity index is 737. The average Bonchev–Trinajstić information content (AvgIpc) is 2.73. The lowest BCUT2D eigenvalue weighted by Gasteiger charge is -2.34. The normalized spacial score (nSPS) is 14.8. The molecule has 0 unspecified atom stereocenters. The molecule has 2 aromatic carbocycles. The van der Waals surface area contributed by atoms with E-state index in [-0.39, 0.29) is 17.7 Å². The number of anilines is 1. The third kappa shape index (κ3) is 4.97. The van der Waals surface area contributed by atoms with Crippen molar-refractivity contribution in [2.45, 2.75) is 39.2 Å². The molecular formula is C23H28N2O2. The van der Waals surface area contributed by atoms with Crippen LogP contribution >= 0.6 is 0 Å². The monoisotopic (exact) mass is 364 g/mol. The van der Waals surface area contributed by atoms with E-state index in [2.05, 4.69) is 12.1 Å². The number of amides is 2. The van der Waals surface area contributed by atoms with Crippen molar-refractivity contribution in [1.82, 2.24) is 4.90 Å². The number of hydrogen-bond acceptors (Lipinski definition) is 2. The zero-order valence-electron chi connectivity index (χ0n) is 16.0. The van der Waals surface area contributed by atoms with Crippen molar-refractivity contribution in [3.8, 4) is 0 Å². The van der Waals surface area contributed by atoms with E-state index < -0.39 is 0 Å². The van der Waals surface area contributed by atoms with Gasteiger partial charge in [0.15, 0.2) is 0 Å². The number of carbonyl (C=O) groups is 2. The zero-order valence-corrected chi connectivity index (χ0v) is 16.0. The van der Waals surface area contributed by atoms with Crippen molar-refractivity contribution in [2.75, 3.05) is 18.0 Å². The molecule has 0 N–H and O–H groups in total. The van der Waals surface area contributed by atoms with Gasteiger partial charge in [0.25, 0.3) is 0 Å². The Morgan fingerprint density at radius 2 is 1.56 bits per heavy atom. The molecule has 3 rings (SSSR count). The molecule has 1 aliphatic heterocycles. The molecule has 142 valence electrons. The van der Waals surface area contributed by atoms with E-state index >= 15 is 0 Å². The van der Waals surface area contributed by atoms with Crippen LogP contribution in [0.15, 0.2) is 60.7 Å². The molecule has 1 fully saturated rings. The summed E-state index contributed by atoms with van der Waals surface area (Å²) < 4.78 is 0. The van der Waals surface area contributed by atoms with Gasteiger partial charge in [-0.15, -0.1) is 0 Å². The minimum absolute atomic E-state index is 0.0282. The van der Waals surface area contributed by atoms with Crippen molar-refractivity contribution < 1.29 is 9.59 Å². The number of hydrogen-bond donors (Lipinski definition) is 0. The van der Waals surface area contributed by atoms with Crippen LogP contribution in [0.4, 0.5) is 5.69 Å². The first-order chi connectivity index (χ1) is 13.2. The fraction of sp³-hybridized carbons (Fsp3) is 0.391. The van der Waals surface area contributed by atoms with Crippen LogP contribution in [-0.4, -0.2) is 29.8 Å². The van der Waals surface area contributed by atoms with E-state index in [0.29, 0.717) is 26.1 Å². The Labute approximate surface area is 161 Å². The van der Waals surface area contributed by atoms with E-state index in [0.717, 1.165) is 30.5 Å². The number of carbonyl (C=O) groups excluding carboxylic acids is 2. The number of nitrogens with zero attached hydrogens (tertiary/aromatic N) is 2. The molecule has 0 aromatic heterocycles. The van der Waals surface area contributed by atoms with Crippen LogP contribution in [0.25, 0.3) is 0 Å². The predicted octanol–water partition coefficient (Wildman–Crippen LogP) is 4.26. The lowest BCUT2D eigenvalue weighted by atomic mass is 9.94. The second-order valence-corrected chi connectivity index (χ2v) is 7.15. The maximum atomic E-state index is 13.3. The molecule has 0 spiro atoms. The van der Waals surface area contributed by atoms with E-state index in [4.69, 9.17) is 0 Å². The van der Waals surface area contributed by atoms with Crippen molar-refractivity contribution in [1.29, 1.82) is 0 Å². The minimum Gasteiger partial charge on any atom is -0.343 e. The van der Waals surface area contributed by atoms with Gasteiger partial charge in [0.05, 0.1) is 6.54 Å². The summed E-state index contributed by atoms with van der Waals surface area (Å²) in [5.74, 6) is 0.347. The molecule has 4 nitrogen and oxygen atoms in total. The van der Waals surface area contributed by atoms with Crippen molar-refractivity contribution in [3.63, 3.8) is 0 Å². The summed E-state index contributed by atoms with van der Waals surface area (Å²) in [4.78, 5) is 29.2. The maximum Gasteiger partial charge on any atom is 0.230 e. The van der Waals surface area contributed by atoms with E-state index in [1.165, 1.54) is 0 Å². The number of piperidine rings is 1. The maximum absolute atomic E-state index is 13.3. The van der Waals surface area contributed by atoms with Gasteiger partial charge in [-0.1, -0.05) is 55.5 Å². The van der Waals surface area contributed by atoms with Gasteiger partial charge in [-0.05, 0) is 37.0 Å². The molecule has 27 heavy (non-hydrogen) atoms. The van der Waals surface area contributed by atoms with Gasteiger partial charge < -0.3 is 9.80 Å². The smallest absolute Gasteiger partial charge is 0.230 e. The van der Waals surface area contributed by atoms with Gasteiger partial charge in [-0.3, -0.25) is 9.59 Å². The Morgan fingerprint density at radius 1 is 0.963 bits per heavy atom. The lowest BCUT2D eigenvalue weighted by Crippen LogP contribution is -2.44. The van der Waals surface area contributed by atoms with Gasteiger partial charge in [-0.25, -0.2) is 0 Å².